The maximum atomic E-state index is 4.21. The summed E-state index contributed by atoms with van der Waals surface area (Å²) in [7, 11) is 0. The zero-order valence-corrected chi connectivity index (χ0v) is 11.9. The van der Waals surface area contributed by atoms with Crippen LogP contribution in [-0.4, -0.2) is 4.98 Å². The lowest BCUT2D eigenvalue weighted by Gasteiger charge is -2.02. The molecule has 0 atom stereocenters. The summed E-state index contributed by atoms with van der Waals surface area (Å²) in [6, 6.07) is 17.5. The molecule has 0 saturated heterocycles. The summed E-state index contributed by atoms with van der Waals surface area (Å²) in [6.07, 6.45) is 3.81. The number of aromatic nitrogens is 1. The maximum absolute atomic E-state index is 4.21. The molecule has 4 aromatic rings. The molecule has 0 aliphatic rings. The Bertz CT molecular complexity index is 904. The third-order valence-corrected chi connectivity index (χ3v) is 4.76. The Balaban J connectivity index is 1.94. The SMILES string of the molecule is Cc1ccc(-c2ccc3c(c2)sc2cnccc23)cc1. The average molecular weight is 275 g/mol. The average Bonchev–Trinajstić information content (AvgIpc) is 2.85. The summed E-state index contributed by atoms with van der Waals surface area (Å²) in [5.74, 6) is 0. The summed E-state index contributed by atoms with van der Waals surface area (Å²) >= 11 is 1.81. The molecule has 2 heterocycles. The molecule has 2 heteroatoms. The fourth-order valence-corrected chi connectivity index (χ4v) is 3.67. The van der Waals surface area contributed by atoms with Crippen LogP contribution in [0.15, 0.2) is 60.9 Å². The van der Waals surface area contributed by atoms with Crippen molar-refractivity contribution >= 4 is 31.5 Å². The van der Waals surface area contributed by atoms with Gasteiger partial charge in [-0.25, -0.2) is 0 Å². The van der Waals surface area contributed by atoms with Crippen LogP contribution in [0.25, 0.3) is 31.3 Å². The van der Waals surface area contributed by atoms with E-state index in [9.17, 15) is 0 Å². The molecule has 0 N–H and O–H groups in total. The minimum absolute atomic E-state index is 1.25. The standard InChI is InChI=1S/C18H13NS/c1-12-2-4-13(5-3-12)14-6-7-15-16-8-9-19-11-18(16)20-17(15)10-14/h2-11H,1H3. The number of rotatable bonds is 1. The lowest BCUT2D eigenvalue weighted by molar-refractivity contribution is 1.37. The van der Waals surface area contributed by atoms with Gasteiger partial charge in [0.05, 0.1) is 4.70 Å². The van der Waals surface area contributed by atoms with Crippen molar-refractivity contribution in [2.24, 2.45) is 0 Å². The first-order valence-corrected chi connectivity index (χ1v) is 7.46. The molecular formula is C18H13NS. The molecule has 0 unspecified atom stereocenters. The first kappa shape index (κ1) is 11.6. The highest BCUT2D eigenvalue weighted by molar-refractivity contribution is 7.25. The molecule has 0 bridgehead atoms. The smallest absolute Gasteiger partial charge is 0.0538 e. The van der Waals surface area contributed by atoms with Crippen LogP contribution >= 0.6 is 11.3 Å². The Morgan fingerprint density at radius 1 is 0.800 bits per heavy atom. The molecule has 0 aliphatic carbocycles. The molecule has 96 valence electrons. The number of fused-ring (bicyclic) bond motifs is 3. The fourth-order valence-electron chi connectivity index (χ4n) is 2.56. The van der Waals surface area contributed by atoms with Crippen molar-refractivity contribution in [3.8, 4) is 11.1 Å². The van der Waals surface area contributed by atoms with Crippen LogP contribution in [-0.2, 0) is 0 Å². The molecule has 2 aromatic heterocycles. The molecule has 0 radical (unpaired) electrons. The van der Waals surface area contributed by atoms with Gasteiger partial charge >= 0.3 is 0 Å². The summed E-state index contributed by atoms with van der Waals surface area (Å²) in [5, 5.41) is 2.62. The van der Waals surface area contributed by atoms with E-state index in [0.29, 0.717) is 0 Å². The molecule has 0 fully saturated rings. The fraction of sp³-hybridized carbons (Fsp3) is 0.0556. The van der Waals surface area contributed by atoms with E-state index in [1.54, 1.807) is 0 Å². The number of hydrogen-bond donors (Lipinski definition) is 0. The second-order valence-corrected chi connectivity index (χ2v) is 6.13. The molecule has 4 rings (SSSR count). The third kappa shape index (κ3) is 1.81. The summed E-state index contributed by atoms with van der Waals surface area (Å²) in [4.78, 5) is 4.21. The van der Waals surface area contributed by atoms with E-state index in [1.165, 1.54) is 36.9 Å². The zero-order valence-electron chi connectivity index (χ0n) is 11.1. The lowest BCUT2D eigenvalue weighted by Crippen LogP contribution is -1.78. The van der Waals surface area contributed by atoms with Crippen LogP contribution < -0.4 is 0 Å². The van der Waals surface area contributed by atoms with E-state index in [4.69, 9.17) is 0 Å². The van der Waals surface area contributed by atoms with E-state index >= 15 is 0 Å². The molecular weight excluding hydrogens is 262 g/mol. The van der Waals surface area contributed by atoms with Crippen molar-refractivity contribution in [1.82, 2.24) is 4.98 Å². The van der Waals surface area contributed by atoms with E-state index in [-0.39, 0.29) is 0 Å². The first-order chi connectivity index (χ1) is 9.81. The highest BCUT2D eigenvalue weighted by atomic mass is 32.1. The summed E-state index contributed by atoms with van der Waals surface area (Å²) < 4.78 is 2.58. The van der Waals surface area contributed by atoms with Crippen LogP contribution in [0.3, 0.4) is 0 Å². The second kappa shape index (κ2) is 4.43. The van der Waals surface area contributed by atoms with E-state index in [1.807, 2.05) is 23.7 Å². The van der Waals surface area contributed by atoms with Crippen LogP contribution in [0.2, 0.25) is 0 Å². The van der Waals surface area contributed by atoms with Crippen molar-refractivity contribution < 1.29 is 0 Å². The minimum atomic E-state index is 1.25. The summed E-state index contributed by atoms with van der Waals surface area (Å²) in [5.41, 5.74) is 3.84. The van der Waals surface area contributed by atoms with Crippen LogP contribution in [0.1, 0.15) is 5.56 Å². The quantitative estimate of drug-likeness (QED) is 0.451. The summed E-state index contributed by atoms with van der Waals surface area (Å²) in [6.45, 7) is 2.12. The Morgan fingerprint density at radius 3 is 2.40 bits per heavy atom. The van der Waals surface area contributed by atoms with Gasteiger partial charge < -0.3 is 0 Å². The van der Waals surface area contributed by atoms with Crippen molar-refractivity contribution in [2.45, 2.75) is 6.92 Å². The maximum Gasteiger partial charge on any atom is 0.0538 e. The predicted octanol–water partition coefficient (Wildman–Crippen LogP) is 5.42. The Labute approximate surface area is 121 Å². The van der Waals surface area contributed by atoms with Gasteiger partial charge in [-0.05, 0) is 30.2 Å². The van der Waals surface area contributed by atoms with Gasteiger partial charge in [0.1, 0.15) is 0 Å². The highest BCUT2D eigenvalue weighted by Crippen LogP contribution is 2.35. The van der Waals surface area contributed by atoms with Crippen molar-refractivity contribution in [3.05, 3.63) is 66.5 Å². The molecule has 0 amide bonds. The number of thiophene rings is 1. The Hall–Kier alpha value is -2.19. The molecule has 1 nitrogen and oxygen atoms in total. The minimum Gasteiger partial charge on any atom is -0.263 e. The Morgan fingerprint density at radius 2 is 1.55 bits per heavy atom. The van der Waals surface area contributed by atoms with Crippen molar-refractivity contribution in [1.29, 1.82) is 0 Å². The lowest BCUT2D eigenvalue weighted by atomic mass is 10.0. The molecule has 0 saturated carbocycles. The van der Waals surface area contributed by atoms with Gasteiger partial charge in [0, 0.05) is 27.9 Å². The van der Waals surface area contributed by atoms with Gasteiger partial charge in [0.15, 0.2) is 0 Å². The number of pyridine rings is 1. The Kier molecular flexibility index (Phi) is 2.57. The predicted molar refractivity (Wildman–Crippen MR) is 87.3 cm³/mol. The molecule has 20 heavy (non-hydrogen) atoms. The van der Waals surface area contributed by atoms with Gasteiger partial charge in [-0.15, -0.1) is 11.3 Å². The highest BCUT2D eigenvalue weighted by Gasteiger charge is 2.06. The monoisotopic (exact) mass is 275 g/mol. The zero-order chi connectivity index (χ0) is 13.5. The van der Waals surface area contributed by atoms with Crippen LogP contribution in [0, 0.1) is 6.92 Å². The van der Waals surface area contributed by atoms with Crippen molar-refractivity contribution in [3.63, 3.8) is 0 Å². The second-order valence-electron chi connectivity index (χ2n) is 5.05. The normalized spacial score (nSPS) is 11.2. The van der Waals surface area contributed by atoms with Gasteiger partial charge in [-0.2, -0.15) is 0 Å². The largest absolute Gasteiger partial charge is 0.263 e. The topological polar surface area (TPSA) is 12.9 Å². The van der Waals surface area contributed by atoms with E-state index in [0.717, 1.165) is 0 Å². The van der Waals surface area contributed by atoms with Gasteiger partial charge in [0.25, 0.3) is 0 Å². The van der Waals surface area contributed by atoms with Gasteiger partial charge in [-0.1, -0.05) is 42.0 Å². The number of aryl methyl sites for hydroxylation is 1. The molecule has 0 spiro atoms. The third-order valence-electron chi connectivity index (χ3n) is 3.66. The van der Waals surface area contributed by atoms with Gasteiger partial charge in [0.2, 0.25) is 0 Å². The number of hydrogen-bond acceptors (Lipinski definition) is 2. The van der Waals surface area contributed by atoms with E-state index in [2.05, 4.69) is 60.4 Å². The van der Waals surface area contributed by atoms with E-state index < -0.39 is 0 Å². The van der Waals surface area contributed by atoms with Crippen molar-refractivity contribution in [2.75, 3.05) is 0 Å². The molecule has 2 aromatic carbocycles. The number of benzene rings is 2. The first-order valence-electron chi connectivity index (χ1n) is 6.64. The van der Waals surface area contributed by atoms with Gasteiger partial charge in [-0.3, -0.25) is 4.98 Å². The van der Waals surface area contributed by atoms with Crippen LogP contribution in [0.4, 0.5) is 0 Å². The molecule has 0 aliphatic heterocycles. The number of nitrogens with zero attached hydrogens (tertiary/aromatic N) is 1. The van der Waals surface area contributed by atoms with Crippen LogP contribution in [0.5, 0.6) is 0 Å².